The van der Waals surface area contributed by atoms with E-state index in [0.29, 0.717) is 13.0 Å². The second-order valence-electron chi connectivity index (χ2n) is 6.46. The first-order valence-corrected chi connectivity index (χ1v) is 12.3. The van der Waals surface area contributed by atoms with Crippen LogP contribution in [0, 0.1) is 6.57 Å². The number of ether oxygens (including phenoxy) is 2. The maximum absolute atomic E-state index is 6.95. The van der Waals surface area contributed by atoms with Gasteiger partial charge in [0, 0.05) is 23.9 Å². The van der Waals surface area contributed by atoms with Gasteiger partial charge >= 0.3 is 0 Å². The van der Waals surface area contributed by atoms with Crippen LogP contribution < -0.4 is 0 Å². The van der Waals surface area contributed by atoms with Gasteiger partial charge in [-0.25, -0.2) is 6.57 Å². The Morgan fingerprint density at radius 1 is 0.640 bits per heavy atom. The van der Waals surface area contributed by atoms with E-state index < -0.39 is 0 Å². The van der Waals surface area contributed by atoms with Gasteiger partial charge in [0.25, 0.3) is 0 Å². The number of unbranched alkanes of at least 4 members (excludes halogenated alkanes) is 10. The Morgan fingerprint density at radius 2 is 1.04 bits per heavy atom. The van der Waals surface area contributed by atoms with Gasteiger partial charge in [-0.05, 0) is 25.7 Å². The number of hydrogen-bond acceptors (Lipinski definition) is 2. The quantitative estimate of drug-likeness (QED) is 0.0796. The van der Waals surface area contributed by atoms with Gasteiger partial charge < -0.3 is 14.3 Å². The Hall–Kier alpha value is 0.370. The average Bonchev–Trinajstić information content (AvgIpc) is 2.63. The zero-order chi connectivity index (χ0) is 18.4. The van der Waals surface area contributed by atoms with E-state index in [0.717, 1.165) is 36.7 Å². The topological polar surface area (TPSA) is 22.8 Å². The Labute approximate surface area is 172 Å². The fourth-order valence-electron chi connectivity index (χ4n) is 2.62. The molecule has 0 aliphatic rings. The molecule has 148 valence electrons. The van der Waals surface area contributed by atoms with E-state index >= 15 is 0 Å². The van der Waals surface area contributed by atoms with Crippen molar-refractivity contribution in [2.45, 2.75) is 89.8 Å². The minimum atomic E-state index is -0.184. The smallest absolute Gasteiger partial charge is 0.219 e. The molecule has 0 radical (unpaired) electrons. The summed E-state index contributed by atoms with van der Waals surface area (Å²) in [5, 5.41) is 2.24. The SMILES string of the molecule is [C-]#[N+]CCC(OCCCCCCCCBr)OCCCCCCCCBr. The molecule has 0 unspecified atom stereocenters. The van der Waals surface area contributed by atoms with Gasteiger partial charge in [-0.2, -0.15) is 0 Å². The third-order valence-corrected chi connectivity index (χ3v) is 5.26. The van der Waals surface area contributed by atoms with Crippen LogP contribution in [0.4, 0.5) is 0 Å². The van der Waals surface area contributed by atoms with Crippen molar-refractivity contribution in [1.29, 1.82) is 0 Å². The summed E-state index contributed by atoms with van der Waals surface area (Å²) >= 11 is 6.93. The second kappa shape index (κ2) is 22.4. The van der Waals surface area contributed by atoms with Gasteiger partial charge in [-0.3, -0.25) is 0 Å². The van der Waals surface area contributed by atoms with E-state index in [-0.39, 0.29) is 6.29 Å². The summed E-state index contributed by atoms with van der Waals surface area (Å²) in [5.41, 5.74) is 0. The fourth-order valence-corrected chi connectivity index (χ4v) is 3.41. The Bertz CT molecular complexity index is 278. The molecule has 0 spiro atoms. The van der Waals surface area contributed by atoms with Gasteiger partial charge in [-0.15, -0.1) is 0 Å². The summed E-state index contributed by atoms with van der Waals surface area (Å²) in [7, 11) is 0. The molecule has 0 aliphatic carbocycles. The van der Waals surface area contributed by atoms with E-state index in [1.165, 1.54) is 64.2 Å². The summed E-state index contributed by atoms with van der Waals surface area (Å²) in [6.45, 7) is 8.95. The minimum Gasteiger partial charge on any atom is -0.352 e. The molecule has 0 heterocycles. The molecule has 0 saturated carbocycles. The van der Waals surface area contributed by atoms with Gasteiger partial charge in [-0.1, -0.05) is 83.2 Å². The van der Waals surface area contributed by atoms with Crippen molar-refractivity contribution in [2.75, 3.05) is 30.4 Å². The summed E-state index contributed by atoms with van der Waals surface area (Å²) in [5.74, 6) is 0. The number of halogens is 2. The van der Waals surface area contributed by atoms with Crippen LogP contribution in [0.3, 0.4) is 0 Å². The second-order valence-corrected chi connectivity index (χ2v) is 8.05. The van der Waals surface area contributed by atoms with E-state index in [1.807, 2.05) is 0 Å². The predicted octanol–water partition coefficient (Wildman–Crippen LogP) is 7.13. The average molecular weight is 483 g/mol. The molecule has 0 atom stereocenters. The first kappa shape index (κ1) is 25.4. The molecule has 0 bridgehead atoms. The van der Waals surface area contributed by atoms with Gasteiger partial charge in [0.1, 0.15) is 0 Å². The van der Waals surface area contributed by atoms with Crippen LogP contribution in [0.5, 0.6) is 0 Å². The summed E-state index contributed by atoms with van der Waals surface area (Å²) in [4.78, 5) is 3.43. The monoisotopic (exact) mass is 481 g/mol. The molecule has 0 aromatic carbocycles. The first-order valence-electron chi connectivity index (χ1n) is 10.0. The van der Waals surface area contributed by atoms with E-state index in [4.69, 9.17) is 16.0 Å². The van der Waals surface area contributed by atoms with Crippen LogP contribution in [0.2, 0.25) is 0 Å². The van der Waals surface area contributed by atoms with Crippen molar-refractivity contribution in [3.05, 3.63) is 11.4 Å². The van der Waals surface area contributed by atoms with E-state index in [2.05, 4.69) is 36.7 Å². The lowest BCUT2D eigenvalue weighted by Crippen LogP contribution is -2.19. The van der Waals surface area contributed by atoms with Crippen LogP contribution >= 0.6 is 31.9 Å². The van der Waals surface area contributed by atoms with Crippen molar-refractivity contribution in [3.8, 4) is 0 Å². The van der Waals surface area contributed by atoms with Crippen LogP contribution in [-0.4, -0.2) is 36.7 Å². The zero-order valence-corrected chi connectivity index (χ0v) is 19.0. The summed E-state index contributed by atoms with van der Waals surface area (Å²) in [6.07, 6.45) is 15.6. The molecule has 5 heteroatoms. The molecule has 0 saturated heterocycles. The predicted molar refractivity (Wildman–Crippen MR) is 115 cm³/mol. The maximum Gasteiger partial charge on any atom is 0.219 e. The number of hydrogen-bond donors (Lipinski definition) is 0. The summed E-state index contributed by atoms with van der Waals surface area (Å²) in [6, 6.07) is 0. The molecule has 0 N–H and O–H groups in total. The molecule has 0 aromatic rings. The molecule has 3 nitrogen and oxygen atoms in total. The Morgan fingerprint density at radius 3 is 1.44 bits per heavy atom. The molecule has 0 rings (SSSR count). The normalized spacial score (nSPS) is 11.1. The van der Waals surface area contributed by atoms with Crippen molar-refractivity contribution in [3.63, 3.8) is 0 Å². The fraction of sp³-hybridized carbons (Fsp3) is 0.950. The molecular formula is C20H37Br2NO2. The Kier molecular flexibility index (Phi) is 22.7. The van der Waals surface area contributed by atoms with Crippen LogP contribution in [0.25, 0.3) is 4.85 Å². The standard InChI is InChI=1S/C20H37Br2NO2/c1-23-17-14-20(24-18-12-8-4-2-6-10-15-21)25-19-13-9-5-3-7-11-16-22/h20H,2-19H2. The van der Waals surface area contributed by atoms with Crippen molar-refractivity contribution in [2.24, 2.45) is 0 Å². The molecule has 0 aliphatic heterocycles. The number of nitrogens with zero attached hydrogens (tertiary/aromatic N) is 1. The third kappa shape index (κ3) is 20.5. The van der Waals surface area contributed by atoms with Crippen molar-refractivity contribution >= 4 is 31.9 Å². The zero-order valence-electron chi connectivity index (χ0n) is 15.8. The molecule has 25 heavy (non-hydrogen) atoms. The number of alkyl halides is 2. The largest absolute Gasteiger partial charge is 0.352 e. The third-order valence-electron chi connectivity index (χ3n) is 4.14. The maximum atomic E-state index is 6.95. The van der Waals surface area contributed by atoms with Gasteiger partial charge in [0.15, 0.2) is 6.29 Å². The highest BCUT2D eigenvalue weighted by molar-refractivity contribution is 9.09. The highest BCUT2D eigenvalue weighted by Gasteiger charge is 2.10. The summed E-state index contributed by atoms with van der Waals surface area (Å²) < 4.78 is 11.7. The van der Waals surface area contributed by atoms with Crippen molar-refractivity contribution < 1.29 is 9.47 Å². The lowest BCUT2D eigenvalue weighted by molar-refractivity contribution is -0.145. The van der Waals surface area contributed by atoms with Crippen molar-refractivity contribution in [1.82, 2.24) is 0 Å². The first-order chi connectivity index (χ1) is 12.3. The van der Waals surface area contributed by atoms with Crippen LogP contribution in [0.15, 0.2) is 0 Å². The Balaban J connectivity index is 3.56. The molecule has 0 aromatic heterocycles. The van der Waals surface area contributed by atoms with Crippen LogP contribution in [-0.2, 0) is 9.47 Å². The van der Waals surface area contributed by atoms with Crippen LogP contribution in [0.1, 0.15) is 83.5 Å². The van der Waals surface area contributed by atoms with E-state index in [1.54, 1.807) is 0 Å². The van der Waals surface area contributed by atoms with Gasteiger partial charge in [0.2, 0.25) is 6.54 Å². The number of rotatable bonds is 20. The molecular weight excluding hydrogens is 446 g/mol. The molecule has 0 amide bonds. The lowest BCUT2D eigenvalue weighted by Gasteiger charge is -2.16. The highest BCUT2D eigenvalue weighted by atomic mass is 79.9. The molecule has 0 fully saturated rings. The minimum absolute atomic E-state index is 0.184. The highest BCUT2D eigenvalue weighted by Crippen LogP contribution is 2.10. The lowest BCUT2D eigenvalue weighted by atomic mass is 10.1. The van der Waals surface area contributed by atoms with Gasteiger partial charge in [0.05, 0.1) is 6.42 Å². The van der Waals surface area contributed by atoms with E-state index in [9.17, 15) is 0 Å².